The maximum Gasteiger partial charge on any atom is 0.139 e. The summed E-state index contributed by atoms with van der Waals surface area (Å²) in [5.74, 6) is 1.23. The Kier molecular flexibility index (Phi) is 4.83. The van der Waals surface area contributed by atoms with Gasteiger partial charge in [-0.25, -0.2) is 0 Å². The molecule has 4 rings (SSSR count). The lowest BCUT2D eigenvalue weighted by Crippen LogP contribution is -2.34. The number of carbonyl (C=O) groups excluding carboxylic acids is 1. The molecule has 2 aromatic carbocycles. The van der Waals surface area contributed by atoms with Gasteiger partial charge in [-0.1, -0.05) is 45.0 Å². The van der Waals surface area contributed by atoms with Crippen LogP contribution < -0.4 is 11.5 Å². The van der Waals surface area contributed by atoms with Gasteiger partial charge in [0.1, 0.15) is 5.78 Å². The number of rotatable bonds is 2. The fourth-order valence-electron chi connectivity index (χ4n) is 4.95. The largest absolute Gasteiger partial charge is 0.399 e. The number of nitrogen functional groups attached to an aromatic ring is 2. The van der Waals surface area contributed by atoms with Crippen LogP contribution in [0.15, 0.2) is 48.5 Å². The second kappa shape index (κ2) is 6.79. The summed E-state index contributed by atoms with van der Waals surface area (Å²) in [6, 6.07) is 15.6. The zero-order valence-corrected chi connectivity index (χ0v) is 16.1. The summed E-state index contributed by atoms with van der Waals surface area (Å²) in [5, 5.41) is 0. The first-order valence-corrected chi connectivity index (χ1v) is 9.55. The third kappa shape index (κ3) is 3.00. The third-order valence-electron chi connectivity index (χ3n) is 6.90. The van der Waals surface area contributed by atoms with Gasteiger partial charge in [-0.2, -0.15) is 0 Å². The quantitative estimate of drug-likeness (QED) is 0.721. The van der Waals surface area contributed by atoms with Crippen molar-refractivity contribution in [2.75, 3.05) is 11.5 Å². The minimum atomic E-state index is 0.0671. The fraction of sp³-hybridized carbons (Fsp3) is 0.435. The van der Waals surface area contributed by atoms with Crippen LogP contribution in [0.1, 0.15) is 46.5 Å². The highest BCUT2D eigenvalue weighted by Gasteiger charge is 2.62. The van der Waals surface area contributed by atoms with Crippen molar-refractivity contribution in [3.05, 3.63) is 48.5 Å². The normalized spacial score (nSPS) is 25.7. The Bertz CT molecular complexity index is 733. The molecule has 3 heteroatoms. The second-order valence-electron chi connectivity index (χ2n) is 8.26. The third-order valence-corrected chi connectivity index (χ3v) is 6.90. The predicted molar refractivity (Wildman–Crippen MR) is 110 cm³/mol. The van der Waals surface area contributed by atoms with Crippen LogP contribution in [0.3, 0.4) is 0 Å². The predicted octanol–water partition coefficient (Wildman–Crippen LogP) is 5.31. The van der Waals surface area contributed by atoms with Gasteiger partial charge in [0.05, 0.1) is 0 Å². The molecule has 4 N–H and O–H groups in total. The molecule has 2 fully saturated rings. The van der Waals surface area contributed by atoms with Crippen molar-refractivity contribution in [1.82, 2.24) is 0 Å². The molecule has 0 amide bonds. The van der Waals surface area contributed by atoms with Crippen molar-refractivity contribution in [2.45, 2.75) is 46.5 Å². The van der Waals surface area contributed by atoms with E-state index in [1.165, 1.54) is 6.42 Å². The van der Waals surface area contributed by atoms with Gasteiger partial charge in [0.15, 0.2) is 0 Å². The lowest BCUT2D eigenvalue weighted by atomic mass is 9.67. The summed E-state index contributed by atoms with van der Waals surface area (Å²) in [4.78, 5) is 11.8. The lowest BCUT2D eigenvalue weighted by molar-refractivity contribution is -0.129. The van der Waals surface area contributed by atoms with Gasteiger partial charge in [-0.05, 0) is 66.0 Å². The van der Waals surface area contributed by atoms with E-state index in [1.54, 1.807) is 0 Å². The highest BCUT2D eigenvalue weighted by molar-refractivity contribution is 5.89. The smallest absolute Gasteiger partial charge is 0.139 e. The van der Waals surface area contributed by atoms with Crippen molar-refractivity contribution in [1.29, 1.82) is 0 Å². The Morgan fingerprint density at radius 3 is 1.65 bits per heavy atom. The zero-order chi connectivity index (χ0) is 18.9. The molecule has 2 aromatic rings. The van der Waals surface area contributed by atoms with E-state index in [1.807, 2.05) is 48.5 Å². The van der Waals surface area contributed by atoms with Crippen molar-refractivity contribution < 1.29 is 4.79 Å². The molecule has 2 aliphatic rings. The molecule has 0 saturated heterocycles. The summed E-state index contributed by atoms with van der Waals surface area (Å²) in [7, 11) is 0. The van der Waals surface area contributed by atoms with Crippen LogP contribution >= 0.6 is 0 Å². The topological polar surface area (TPSA) is 69.1 Å². The van der Waals surface area contributed by atoms with Gasteiger partial charge in [0, 0.05) is 23.2 Å². The number of benzene rings is 2. The van der Waals surface area contributed by atoms with Gasteiger partial charge in [-0.3, -0.25) is 4.79 Å². The summed E-state index contributed by atoms with van der Waals surface area (Å²) in [5.41, 5.74) is 15.4. The molecule has 0 aliphatic heterocycles. The van der Waals surface area contributed by atoms with Gasteiger partial charge >= 0.3 is 0 Å². The molecule has 2 atom stereocenters. The first-order valence-electron chi connectivity index (χ1n) is 9.55. The number of anilines is 2. The van der Waals surface area contributed by atoms with E-state index in [-0.39, 0.29) is 5.41 Å². The second-order valence-corrected chi connectivity index (χ2v) is 8.26. The maximum absolute atomic E-state index is 11.8. The molecule has 138 valence electrons. The first-order chi connectivity index (χ1) is 12.3. The van der Waals surface area contributed by atoms with Crippen molar-refractivity contribution in [3.63, 3.8) is 0 Å². The van der Waals surface area contributed by atoms with Crippen LogP contribution in [-0.4, -0.2) is 5.78 Å². The Morgan fingerprint density at radius 1 is 0.923 bits per heavy atom. The molecule has 0 radical (unpaired) electrons. The van der Waals surface area contributed by atoms with Crippen LogP contribution in [0.2, 0.25) is 0 Å². The van der Waals surface area contributed by atoms with Gasteiger partial charge < -0.3 is 11.5 Å². The summed E-state index contributed by atoms with van der Waals surface area (Å²) >= 11 is 0. The highest BCUT2D eigenvalue weighted by Crippen LogP contribution is 2.65. The van der Waals surface area contributed by atoms with Gasteiger partial charge in [-0.15, -0.1) is 0 Å². The summed E-state index contributed by atoms with van der Waals surface area (Å²) < 4.78 is 0. The Hall–Kier alpha value is -2.29. The average Bonchev–Trinajstić information content (AvgIpc) is 2.99. The maximum atomic E-state index is 11.8. The molecule has 0 heterocycles. The molecule has 26 heavy (non-hydrogen) atoms. The van der Waals surface area contributed by atoms with Crippen molar-refractivity contribution >= 4 is 17.2 Å². The van der Waals surface area contributed by atoms with E-state index in [9.17, 15) is 4.79 Å². The Balaban J connectivity index is 0.000000152. The standard InChI is InChI=1S/C12H12N2.C11H18O/c13-11-5-1-9(2-6-11)10-3-7-12(14)8-4-10;1-4-11-6-5-8(7-9(11)12)10(11,2)3/h1-8H,13-14H2;8H,4-7H2,1-3H3. The molecule has 0 aromatic heterocycles. The number of carbonyl (C=O) groups is 1. The SMILES string of the molecule is CCC12CCC(CC1=O)C2(C)C.Nc1ccc(-c2ccc(N)cc2)cc1. The Morgan fingerprint density at radius 2 is 1.38 bits per heavy atom. The molecule has 2 aliphatic carbocycles. The monoisotopic (exact) mass is 350 g/mol. The van der Waals surface area contributed by atoms with Gasteiger partial charge in [0.2, 0.25) is 0 Å². The van der Waals surface area contributed by atoms with Crippen molar-refractivity contribution in [2.24, 2.45) is 16.7 Å². The van der Waals surface area contributed by atoms with Gasteiger partial charge in [0.25, 0.3) is 0 Å². The highest BCUT2D eigenvalue weighted by atomic mass is 16.1. The molecule has 2 unspecified atom stereocenters. The average molecular weight is 351 g/mol. The van der Waals surface area contributed by atoms with E-state index in [4.69, 9.17) is 11.5 Å². The van der Waals surface area contributed by atoms with Crippen LogP contribution in [0.5, 0.6) is 0 Å². The Labute approximate surface area is 156 Å². The summed E-state index contributed by atoms with van der Waals surface area (Å²) in [6.45, 7) is 6.76. The van der Waals surface area contributed by atoms with Crippen LogP contribution in [0.25, 0.3) is 11.1 Å². The molecule has 3 nitrogen and oxygen atoms in total. The fourth-order valence-corrected chi connectivity index (χ4v) is 4.95. The molecular formula is C23H30N2O. The number of nitrogens with two attached hydrogens (primary N) is 2. The zero-order valence-electron chi connectivity index (χ0n) is 16.1. The molecule has 0 spiro atoms. The number of hydrogen-bond acceptors (Lipinski definition) is 3. The molecule has 2 saturated carbocycles. The minimum absolute atomic E-state index is 0.0671. The van der Waals surface area contributed by atoms with Crippen LogP contribution in [0.4, 0.5) is 11.4 Å². The number of Topliss-reactive ketones (excluding diaryl/α,β-unsaturated/α-hetero) is 1. The summed E-state index contributed by atoms with van der Waals surface area (Å²) in [6.07, 6.45) is 4.35. The van der Waals surface area contributed by atoms with E-state index in [0.717, 1.165) is 41.8 Å². The van der Waals surface area contributed by atoms with E-state index in [2.05, 4.69) is 20.8 Å². The molecular weight excluding hydrogens is 320 g/mol. The number of ketones is 1. The molecule has 2 bridgehead atoms. The van der Waals surface area contributed by atoms with Crippen molar-refractivity contribution in [3.8, 4) is 11.1 Å². The van der Waals surface area contributed by atoms with E-state index >= 15 is 0 Å². The number of fused-ring (bicyclic) bond motifs is 2. The number of hydrogen-bond donors (Lipinski definition) is 2. The van der Waals surface area contributed by atoms with Crippen LogP contribution in [0, 0.1) is 16.7 Å². The lowest BCUT2D eigenvalue weighted by Gasteiger charge is -2.35. The van der Waals surface area contributed by atoms with E-state index in [0.29, 0.717) is 17.1 Å². The minimum Gasteiger partial charge on any atom is -0.399 e. The van der Waals surface area contributed by atoms with Crippen LogP contribution in [-0.2, 0) is 4.79 Å². The first kappa shape index (κ1) is 18.5. The van der Waals surface area contributed by atoms with E-state index < -0.39 is 0 Å².